The Kier molecular flexibility index (Phi) is 4.19. The van der Waals surface area contributed by atoms with Gasteiger partial charge in [0.2, 0.25) is 5.96 Å². The Morgan fingerprint density at radius 1 is 1.25 bits per heavy atom. The van der Waals surface area contributed by atoms with Gasteiger partial charge in [0.25, 0.3) is 5.91 Å². The van der Waals surface area contributed by atoms with Gasteiger partial charge in [-0.05, 0) is 38.5 Å². The summed E-state index contributed by atoms with van der Waals surface area (Å²) < 4.78 is 0. The molecule has 146 valence electrons. The van der Waals surface area contributed by atoms with Crippen molar-refractivity contribution in [2.45, 2.75) is 33.0 Å². The third-order valence-corrected chi connectivity index (χ3v) is 5.42. The second-order valence-electron chi connectivity index (χ2n) is 7.25. The molecule has 1 saturated heterocycles. The number of fused-ring (bicyclic) bond motifs is 3. The van der Waals surface area contributed by atoms with Crippen molar-refractivity contribution in [3.8, 4) is 0 Å². The lowest BCUT2D eigenvalue weighted by atomic mass is 10.1. The van der Waals surface area contributed by atoms with E-state index in [0.29, 0.717) is 11.0 Å². The maximum Gasteiger partial charge on any atom is 0.328 e. The molecule has 1 fully saturated rings. The summed E-state index contributed by atoms with van der Waals surface area (Å²) in [5, 5.41) is 0.596. The third kappa shape index (κ3) is 2.59. The molecule has 9 heteroatoms. The number of rotatable bonds is 3. The van der Waals surface area contributed by atoms with Crippen molar-refractivity contribution in [1.29, 1.82) is 0 Å². The Bertz CT molecular complexity index is 972. The Morgan fingerprint density at radius 3 is 2.64 bits per heavy atom. The summed E-state index contributed by atoms with van der Waals surface area (Å²) in [7, 11) is 1.59. The van der Waals surface area contributed by atoms with Crippen molar-refractivity contribution in [1.82, 2.24) is 14.7 Å². The number of amides is 3. The highest BCUT2D eigenvalue weighted by molar-refractivity contribution is 6.31. The molecule has 3 heterocycles. The van der Waals surface area contributed by atoms with E-state index in [1.54, 1.807) is 11.9 Å². The summed E-state index contributed by atoms with van der Waals surface area (Å²) in [5.41, 5.74) is 2.75. The van der Waals surface area contributed by atoms with Crippen molar-refractivity contribution in [2.24, 2.45) is 4.99 Å². The van der Waals surface area contributed by atoms with Crippen molar-refractivity contribution in [3.63, 3.8) is 0 Å². The zero-order valence-electron chi connectivity index (χ0n) is 16.0. The Morgan fingerprint density at radius 2 is 1.96 bits per heavy atom. The second-order valence-corrected chi connectivity index (χ2v) is 7.69. The smallest absolute Gasteiger partial charge is 0.302 e. The molecule has 3 aliphatic heterocycles. The number of likely N-dealkylation sites (N-methyl/N-ethyl adjacent to an activating group) is 1. The van der Waals surface area contributed by atoms with Crippen molar-refractivity contribution in [2.75, 3.05) is 18.5 Å². The number of hydrogen-bond donors (Lipinski definition) is 0. The number of benzene rings is 1. The van der Waals surface area contributed by atoms with E-state index in [9.17, 15) is 14.4 Å². The van der Waals surface area contributed by atoms with Gasteiger partial charge in [-0.1, -0.05) is 17.7 Å². The number of urea groups is 1. The fourth-order valence-electron chi connectivity index (χ4n) is 3.84. The number of Topliss-reactive ketones (excluding diaryl/α,β-unsaturated/α-hetero) is 1. The quantitative estimate of drug-likeness (QED) is 0.775. The normalized spacial score (nSPS) is 23.8. The summed E-state index contributed by atoms with van der Waals surface area (Å²) in [6.45, 7) is 5.01. The van der Waals surface area contributed by atoms with E-state index in [1.165, 1.54) is 11.8 Å². The number of carbonyl (C=O) groups excluding carboxylic acids is 3. The van der Waals surface area contributed by atoms with Crippen LogP contribution in [0.2, 0.25) is 5.02 Å². The van der Waals surface area contributed by atoms with Crippen LogP contribution in [-0.4, -0.2) is 64.2 Å². The molecule has 8 nitrogen and oxygen atoms in total. The highest BCUT2D eigenvalue weighted by Gasteiger charge is 2.54. The standard InChI is InChI=1S/C19H20ClN5O3/c1-10-5-6-13(20)7-14(10)25-11(2)8-23-15-16(21-18(23)25)22(4)19(28)24(17(15)27)9-12(3)26/h5-8,15-16H,9H2,1-4H3. The fraction of sp³-hybridized carbons (Fsp3) is 0.368. The minimum absolute atomic E-state index is 0.242. The maximum absolute atomic E-state index is 13.1. The number of anilines is 1. The summed E-state index contributed by atoms with van der Waals surface area (Å²) in [4.78, 5) is 48.0. The number of halogens is 1. The van der Waals surface area contributed by atoms with Crippen LogP contribution in [0.4, 0.5) is 10.5 Å². The molecular formula is C19H20ClN5O3. The maximum atomic E-state index is 13.1. The highest BCUT2D eigenvalue weighted by Crippen LogP contribution is 2.38. The largest absolute Gasteiger partial charge is 0.328 e. The zero-order valence-corrected chi connectivity index (χ0v) is 16.8. The number of ketones is 1. The van der Waals surface area contributed by atoms with E-state index in [-0.39, 0.29) is 12.3 Å². The average molecular weight is 402 g/mol. The number of aryl methyl sites for hydroxylation is 1. The van der Waals surface area contributed by atoms with Gasteiger partial charge in [0, 0.05) is 24.0 Å². The first kappa shape index (κ1) is 18.5. The number of imide groups is 1. The molecule has 0 bridgehead atoms. The van der Waals surface area contributed by atoms with Gasteiger partial charge >= 0.3 is 6.03 Å². The lowest BCUT2D eigenvalue weighted by molar-refractivity contribution is -0.139. The van der Waals surface area contributed by atoms with E-state index in [1.807, 2.05) is 43.1 Å². The number of allylic oxidation sites excluding steroid dienone is 1. The summed E-state index contributed by atoms with van der Waals surface area (Å²) >= 11 is 6.20. The molecule has 3 amide bonds. The van der Waals surface area contributed by atoms with Crippen molar-refractivity contribution >= 4 is 41.0 Å². The van der Waals surface area contributed by atoms with Crippen LogP contribution in [0.1, 0.15) is 19.4 Å². The molecule has 4 rings (SSSR count). The zero-order chi connectivity index (χ0) is 20.3. The molecule has 28 heavy (non-hydrogen) atoms. The first-order chi connectivity index (χ1) is 13.2. The van der Waals surface area contributed by atoms with E-state index in [0.717, 1.165) is 21.8 Å². The second kappa shape index (κ2) is 6.34. The molecule has 3 aliphatic rings. The number of carbonyl (C=O) groups is 3. The van der Waals surface area contributed by atoms with Crippen LogP contribution >= 0.6 is 11.6 Å². The minimum Gasteiger partial charge on any atom is -0.302 e. The Hall–Kier alpha value is -2.87. The van der Waals surface area contributed by atoms with Gasteiger partial charge in [-0.25, -0.2) is 9.79 Å². The van der Waals surface area contributed by atoms with E-state index in [2.05, 4.69) is 0 Å². The van der Waals surface area contributed by atoms with Gasteiger partial charge < -0.3 is 9.80 Å². The fourth-order valence-corrected chi connectivity index (χ4v) is 4.01. The summed E-state index contributed by atoms with van der Waals surface area (Å²) in [6.07, 6.45) is 1.20. The SMILES string of the molecule is CC(=O)CN1C(=O)C2C(N=C3N(c4cc(Cl)ccc4C)C(C)=CN32)N(C)C1=O. The van der Waals surface area contributed by atoms with Crippen LogP contribution in [0.3, 0.4) is 0 Å². The van der Waals surface area contributed by atoms with Gasteiger partial charge in [-0.2, -0.15) is 0 Å². The Balaban J connectivity index is 1.75. The molecule has 0 aliphatic carbocycles. The molecule has 2 unspecified atom stereocenters. The third-order valence-electron chi connectivity index (χ3n) is 5.18. The van der Waals surface area contributed by atoms with Crippen molar-refractivity contribution < 1.29 is 14.4 Å². The van der Waals surface area contributed by atoms with Gasteiger partial charge in [0.05, 0.1) is 12.2 Å². The number of hydrogen-bond acceptors (Lipinski definition) is 6. The van der Waals surface area contributed by atoms with Crippen LogP contribution in [-0.2, 0) is 9.59 Å². The van der Waals surface area contributed by atoms with E-state index >= 15 is 0 Å². The molecule has 0 aromatic heterocycles. The predicted molar refractivity (Wildman–Crippen MR) is 105 cm³/mol. The van der Waals surface area contributed by atoms with Gasteiger partial charge in [-0.15, -0.1) is 0 Å². The Labute approximate surface area is 167 Å². The molecule has 2 atom stereocenters. The van der Waals surface area contributed by atoms with Gasteiger partial charge in [0.15, 0.2) is 12.2 Å². The molecule has 1 aromatic carbocycles. The lowest BCUT2D eigenvalue weighted by Gasteiger charge is -2.39. The molecular weight excluding hydrogens is 382 g/mol. The van der Waals surface area contributed by atoms with Crippen LogP contribution in [0.5, 0.6) is 0 Å². The monoisotopic (exact) mass is 401 g/mol. The molecule has 0 N–H and O–H groups in total. The predicted octanol–water partition coefficient (Wildman–Crippen LogP) is 2.18. The van der Waals surface area contributed by atoms with E-state index in [4.69, 9.17) is 16.6 Å². The topological polar surface area (TPSA) is 76.5 Å². The van der Waals surface area contributed by atoms with E-state index < -0.39 is 24.1 Å². The lowest BCUT2D eigenvalue weighted by Crippen LogP contribution is -2.64. The first-order valence-corrected chi connectivity index (χ1v) is 9.27. The van der Waals surface area contributed by atoms with Crippen LogP contribution < -0.4 is 4.90 Å². The summed E-state index contributed by atoms with van der Waals surface area (Å²) in [6, 6.07) is 4.38. The molecule has 0 radical (unpaired) electrons. The summed E-state index contributed by atoms with van der Waals surface area (Å²) in [5.74, 6) is -0.108. The molecule has 0 saturated carbocycles. The number of guanidine groups is 1. The number of nitrogens with zero attached hydrogens (tertiary/aromatic N) is 5. The minimum atomic E-state index is -0.698. The number of aliphatic imine (C=N–C) groups is 1. The van der Waals surface area contributed by atoms with Crippen LogP contribution in [0.25, 0.3) is 0 Å². The van der Waals surface area contributed by atoms with Gasteiger partial charge in [0.1, 0.15) is 5.78 Å². The average Bonchev–Trinajstić information content (AvgIpc) is 3.13. The first-order valence-electron chi connectivity index (χ1n) is 8.89. The van der Waals surface area contributed by atoms with Crippen LogP contribution in [0, 0.1) is 6.92 Å². The molecule has 0 spiro atoms. The van der Waals surface area contributed by atoms with Crippen molar-refractivity contribution in [3.05, 3.63) is 40.7 Å². The molecule has 1 aromatic rings. The highest BCUT2D eigenvalue weighted by atomic mass is 35.5. The van der Waals surface area contributed by atoms with Gasteiger partial charge in [-0.3, -0.25) is 19.4 Å². The van der Waals surface area contributed by atoms with Crippen LogP contribution in [0.15, 0.2) is 35.1 Å².